The van der Waals surface area contributed by atoms with Crippen LogP contribution < -0.4 is 4.74 Å². The predicted molar refractivity (Wildman–Crippen MR) is 144 cm³/mol. The van der Waals surface area contributed by atoms with Gasteiger partial charge in [-0.15, -0.1) is 0 Å². The van der Waals surface area contributed by atoms with Crippen LogP contribution in [0.2, 0.25) is 0 Å². The molecule has 2 aromatic heterocycles. The second kappa shape index (κ2) is 12.1. The Kier molecular flexibility index (Phi) is 8.84. The van der Waals surface area contributed by atoms with E-state index < -0.39 is 0 Å². The number of rotatable bonds is 12. The molecule has 0 atom stereocenters. The van der Waals surface area contributed by atoms with Crippen LogP contribution in [0.15, 0.2) is 40.9 Å². The summed E-state index contributed by atoms with van der Waals surface area (Å²) in [5.74, 6) is 3.03. The largest absolute Gasteiger partial charge is 0.504 e. The maximum atomic E-state index is 10.6. The molecule has 196 valence electrons. The van der Waals surface area contributed by atoms with Crippen LogP contribution >= 0.6 is 0 Å². The molecule has 0 radical (unpaired) electrons. The minimum Gasteiger partial charge on any atom is -0.504 e. The van der Waals surface area contributed by atoms with Crippen LogP contribution in [0.3, 0.4) is 0 Å². The highest BCUT2D eigenvalue weighted by molar-refractivity contribution is 5.42. The summed E-state index contributed by atoms with van der Waals surface area (Å²) in [5.41, 5.74) is 4.55. The molecule has 0 amide bonds. The number of H-pyrrole nitrogens is 1. The summed E-state index contributed by atoms with van der Waals surface area (Å²) < 4.78 is 12.4. The summed E-state index contributed by atoms with van der Waals surface area (Å²) in [4.78, 5) is 3.55. The summed E-state index contributed by atoms with van der Waals surface area (Å²) in [6.07, 6.45) is 12.5. The first-order valence-corrected chi connectivity index (χ1v) is 13.8. The Balaban J connectivity index is 1.44. The molecule has 3 N–H and O–H groups in total. The first-order valence-electron chi connectivity index (χ1n) is 13.8. The SMILES string of the molecule is CCCCc1oc(CCc2ccc(O)c(OCC3(c4cc(C(C)C)c[nH]4)CCCCC3)c2)cc1CO. The fourth-order valence-electron chi connectivity index (χ4n) is 5.42. The Morgan fingerprint density at radius 1 is 1.06 bits per heavy atom. The lowest BCUT2D eigenvalue weighted by Gasteiger charge is -2.36. The molecular formula is C31H43NO4. The number of aromatic nitrogens is 1. The first kappa shape index (κ1) is 26.4. The van der Waals surface area contributed by atoms with Gasteiger partial charge in [-0.25, -0.2) is 0 Å². The highest BCUT2D eigenvalue weighted by Gasteiger charge is 2.36. The molecule has 3 aromatic rings. The number of aliphatic hydroxyl groups excluding tert-OH is 1. The summed E-state index contributed by atoms with van der Waals surface area (Å²) >= 11 is 0. The number of aryl methyl sites for hydroxylation is 3. The Morgan fingerprint density at radius 2 is 1.86 bits per heavy atom. The number of hydrogen-bond donors (Lipinski definition) is 3. The molecule has 2 heterocycles. The molecular weight excluding hydrogens is 450 g/mol. The maximum Gasteiger partial charge on any atom is 0.161 e. The van der Waals surface area contributed by atoms with Crippen molar-refractivity contribution in [1.82, 2.24) is 4.98 Å². The maximum absolute atomic E-state index is 10.6. The van der Waals surface area contributed by atoms with E-state index in [2.05, 4.69) is 38.0 Å². The molecule has 1 aliphatic carbocycles. The van der Waals surface area contributed by atoms with E-state index in [1.165, 1.54) is 30.5 Å². The van der Waals surface area contributed by atoms with Crippen LogP contribution in [0.4, 0.5) is 0 Å². The van der Waals surface area contributed by atoms with Crippen LogP contribution in [-0.2, 0) is 31.3 Å². The second-order valence-corrected chi connectivity index (χ2v) is 10.9. The molecule has 5 nitrogen and oxygen atoms in total. The van der Waals surface area contributed by atoms with E-state index in [1.807, 2.05) is 18.2 Å². The van der Waals surface area contributed by atoms with Crippen molar-refractivity contribution in [1.29, 1.82) is 0 Å². The molecule has 0 spiro atoms. The molecule has 1 aliphatic rings. The number of unbranched alkanes of at least 4 members (excludes halogenated alkanes) is 1. The number of phenolic OH excluding ortho intramolecular Hbond substituents is 1. The molecule has 1 fully saturated rings. The number of phenols is 1. The Labute approximate surface area is 215 Å². The quantitative estimate of drug-likeness (QED) is 0.247. The fraction of sp³-hybridized carbons (Fsp3) is 0.548. The third-order valence-electron chi connectivity index (χ3n) is 7.82. The van der Waals surface area contributed by atoms with Gasteiger partial charge in [0.15, 0.2) is 11.5 Å². The number of benzene rings is 1. The van der Waals surface area contributed by atoms with Crippen LogP contribution in [-0.4, -0.2) is 21.8 Å². The minimum absolute atomic E-state index is 0.0148. The average Bonchev–Trinajstić information content (AvgIpc) is 3.55. The number of aliphatic hydroxyl groups is 1. The van der Waals surface area contributed by atoms with Gasteiger partial charge < -0.3 is 24.4 Å². The predicted octanol–water partition coefficient (Wildman–Crippen LogP) is 7.34. The number of aromatic hydroxyl groups is 1. The van der Waals surface area contributed by atoms with E-state index >= 15 is 0 Å². The van der Waals surface area contributed by atoms with Crippen molar-refractivity contribution in [2.24, 2.45) is 0 Å². The van der Waals surface area contributed by atoms with E-state index in [0.29, 0.717) is 18.3 Å². The van der Waals surface area contributed by atoms with Crippen LogP contribution in [0, 0.1) is 0 Å². The van der Waals surface area contributed by atoms with Crippen LogP contribution in [0.5, 0.6) is 11.5 Å². The molecule has 1 saturated carbocycles. The van der Waals surface area contributed by atoms with Crippen molar-refractivity contribution >= 4 is 0 Å². The van der Waals surface area contributed by atoms with Gasteiger partial charge >= 0.3 is 0 Å². The van der Waals surface area contributed by atoms with Crippen molar-refractivity contribution in [2.45, 2.75) is 103 Å². The molecule has 0 aliphatic heterocycles. The monoisotopic (exact) mass is 493 g/mol. The van der Waals surface area contributed by atoms with Gasteiger partial charge in [0.1, 0.15) is 11.5 Å². The average molecular weight is 494 g/mol. The summed E-state index contributed by atoms with van der Waals surface area (Å²) in [6.45, 7) is 7.17. The molecule has 0 saturated heterocycles. The van der Waals surface area contributed by atoms with Crippen molar-refractivity contribution in [3.05, 3.63) is 70.4 Å². The number of ether oxygens (including phenoxy) is 1. The van der Waals surface area contributed by atoms with Crippen molar-refractivity contribution in [2.75, 3.05) is 6.61 Å². The number of nitrogens with one attached hydrogen (secondary N) is 1. The zero-order chi connectivity index (χ0) is 25.5. The van der Waals surface area contributed by atoms with Crippen molar-refractivity contribution < 1.29 is 19.4 Å². The summed E-state index contributed by atoms with van der Waals surface area (Å²) in [6, 6.07) is 9.95. The molecule has 4 rings (SSSR count). The van der Waals surface area contributed by atoms with Crippen LogP contribution in [0.1, 0.15) is 106 Å². The zero-order valence-electron chi connectivity index (χ0n) is 22.2. The van der Waals surface area contributed by atoms with Crippen molar-refractivity contribution in [3.8, 4) is 11.5 Å². The molecule has 0 unspecified atom stereocenters. The standard InChI is InChI=1S/C31H43NO4/c1-4-5-9-28-25(20-33)17-26(36-28)12-10-23-11-13-27(34)29(16-23)35-21-31(14-7-6-8-15-31)30-18-24(19-32-30)22(2)3/h11,13,16-19,22,32-34H,4-10,12,14-15,20-21H2,1-3H3. The van der Waals surface area contributed by atoms with Gasteiger partial charge in [0.05, 0.1) is 13.2 Å². The summed E-state index contributed by atoms with van der Waals surface area (Å²) in [5, 5.41) is 20.2. The molecule has 36 heavy (non-hydrogen) atoms. The third kappa shape index (κ3) is 6.18. The van der Waals surface area contributed by atoms with Crippen molar-refractivity contribution in [3.63, 3.8) is 0 Å². The fourth-order valence-corrected chi connectivity index (χ4v) is 5.42. The van der Waals surface area contributed by atoms with Gasteiger partial charge in [0.25, 0.3) is 0 Å². The Hall–Kier alpha value is -2.66. The van der Waals surface area contributed by atoms with Gasteiger partial charge in [-0.3, -0.25) is 0 Å². The third-order valence-corrected chi connectivity index (χ3v) is 7.82. The van der Waals surface area contributed by atoms with E-state index in [1.54, 1.807) is 6.07 Å². The van der Waals surface area contributed by atoms with Gasteiger partial charge in [-0.1, -0.05) is 52.5 Å². The molecule has 5 heteroatoms. The van der Waals surface area contributed by atoms with E-state index in [-0.39, 0.29) is 17.8 Å². The van der Waals surface area contributed by atoms with Gasteiger partial charge in [-0.05, 0) is 67.0 Å². The Morgan fingerprint density at radius 3 is 2.56 bits per heavy atom. The van der Waals surface area contributed by atoms with Gasteiger partial charge in [0, 0.05) is 35.7 Å². The van der Waals surface area contributed by atoms with E-state index in [9.17, 15) is 10.2 Å². The van der Waals surface area contributed by atoms with E-state index in [0.717, 1.165) is 67.6 Å². The topological polar surface area (TPSA) is 78.6 Å². The zero-order valence-corrected chi connectivity index (χ0v) is 22.2. The lowest BCUT2D eigenvalue weighted by molar-refractivity contribution is 0.162. The highest BCUT2D eigenvalue weighted by atomic mass is 16.5. The number of furan rings is 1. The summed E-state index contributed by atoms with van der Waals surface area (Å²) in [7, 11) is 0. The Bertz CT molecular complexity index is 1100. The smallest absolute Gasteiger partial charge is 0.161 e. The second-order valence-electron chi connectivity index (χ2n) is 10.9. The molecule has 1 aromatic carbocycles. The number of aromatic amines is 1. The molecule has 0 bridgehead atoms. The van der Waals surface area contributed by atoms with Gasteiger partial charge in [0.2, 0.25) is 0 Å². The lowest BCUT2D eigenvalue weighted by atomic mass is 9.72. The highest BCUT2D eigenvalue weighted by Crippen LogP contribution is 2.41. The normalized spacial score (nSPS) is 15.5. The first-order chi connectivity index (χ1) is 17.4. The number of hydrogen-bond acceptors (Lipinski definition) is 4. The van der Waals surface area contributed by atoms with Crippen LogP contribution in [0.25, 0.3) is 0 Å². The lowest BCUT2D eigenvalue weighted by Crippen LogP contribution is -2.36. The van der Waals surface area contributed by atoms with Gasteiger partial charge in [-0.2, -0.15) is 0 Å². The minimum atomic E-state index is -0.0441. The van der Waals surface area contributed by atoms with E-state index in [4.69, 9.17) is 9.15 Å².